The number of sulfonamides is 1. The first kappa shape index (κ1) is 20.7. The van der Waals surface area contributed by atoms with Gasteiger partial charge in [0.2, 0.25) is 15.9 Å². The van der Waals surface area contributed by atoms with E-state index in [1.165, 1.54) is 19.1 Å². The van der Waals surface area contributed by atoms with Crippen molar-refractivity contribution in [2.45, 2.75) is 31.7 Å². The van der Waals surface area contributed by atoms with E-state index in [0.29, 0.717) is 29.4 Å². The fraction of sp³-hybridized carbons (Fsp3) is 0.316. The van der Waals surface area contributed by atoms with Gasteiger partial charge in [-0.2, -0.15) is 4.72 Å². The predicted octanol–water partition coefficient (Wildman–Crippen LogP) is 2.71. The summed E-state index contributed by atoms with van der Waals surface area (Å²) in [5, 5.41) is 2.66. The van der Waals surface area contributed by atoms with Gasteiger partial charge in [0.15, 0.2) is 0 Å². The van der Waals surface area contributed by atoms with Gasteiger partial charge in [0.25, 0.3) is 0 Å². The highest BCUT2D eigenvalue weighted by Gasteiger charge is 2.22. The zero-order valence-corrected chi connectivity index (χ0v) is 16.6. The van der Waals surface area contributed by atoms with Crippen LogP contribution < -0.4 is 19.5 Å². The largest absolute Gasteiger partial charge is 0.497 e. The molecule has 2 N–H and O–H groups in total. The Morgan fingerprint density at radius 3 is 2.37 bits per heavy atom. The highest BCUT2D eigenvalue weighted by Crippen LogP contribution is 2.22. The fourth-order valence-corrected chi connectivity index (χ4v) is 3.67. The van der Waals surface area contributed by atoms with Crippen molar-refractivity contribution in [3.63, 3.8) is 0 Å². The molecular formula is C19H24N2O5S. The van der Waals surface area contributed by atoms with Crippen molar-refractivity contribution >= 4 is 21.6 Å². The first-order valence-electron chi connectivity index (χ1n) is 8.47. The van der Waals surface area contributed by atoms with Crippen LogP contribution in [0.1, 0.15) is 19.4 Å². The monoisotopic (exact) mass is 392 g/mol. The van der Waals surface area contributed by atoms with E-state index in [1.54, 1.807) is 44.4 Å². The Kier molecular flexibility index (Phi) is 6.81. The average Bonchev–Trinajstić information content (AvgIpc) is 2.63. The lowest BCUT2D eigenvalue weighted by Gasteiger charge is -2.15. The van der Waals surface area contributed by atoms with E-state index < -0.39 is 22.0 Å². The van der Waals surface area contributed by atoms with Crippen LogP contribution in [0, 0.1) is 6.92 Å². The summed E-state index contributed by atoms with van der Waals surface area (Å²) in [4.78, 5) is 12.4. The number of carbonyl (C=O) groups excluding carboxylic acids is 1. The Morgan fingerprint density at radius 1 is 1.15 bits per heavy atom. The van der Waals surface area contributed by atoms with E-state index in [2.05, 4.69) is 10.0 Å². The zero-order chi connectivity index (χ0) is 20.0. The van der Waals surface area contributed by atoms with E-state index in [0.717, 1.165) is 0 Å². The Labute approximate surface area is 159 Å². The second-order valence-electron chi connectivity index (χ2n) is 5.92. The molecule has 0 aliphatic carbocycles. The molecule has 0 aromatic heterocycles. The van der Waals surface area contributed by atoms with E-state index in [9.17, 15) is 13.2 Å². The van der Waals surface area contributed by atoms with Crippen molar-refractivity contribution in [1.82, 2.24) is 4.72 Å². The summed E-state index contributed by atoms with van der Waals surface area (Å²) in [6, 6.07) is 10.4. The molecule has 0 unspecified atom stereocenters. The van der Waals surface area contributed by atoms with Gasteiger partial charge < -0.3 is 14.8 Å². The van der Waals surface area contributed by atoms with Crippen LogP contribution in [0.2, 0.25) is 0 Å². The van der Waals surface area contributed by atoms with E-state index in [-0.39, 0.29) is 4.90 Å². The maximum Gasteiger partial charge on any atom is 0.242 e. The lowest BCUT2D eigenvalue weighted by Crippen LogP contribution is -2.41. The lowest BCUT2D eigenvalue weighted by molar-refractivity contribution is -0.117. The third kappa shape index (κ3) is 5.45. The first-order chi connectivity index (χ1) is 12.8. The van der Waals surface area contributed by atoms with Gasteiger partial charge in [-0.15, -0.1) is 0 Å². The number of anilines is 1. The third-order valence-corrected chi connectivity index (χ3v) is 5.38. The Morgan fingerprint density at radius 2 is 1.81 bits per heavy atom. The van der Waals surface area contributed by atoms with E-state index in [4.69, 9.17) is 9.47 Å². The summed E-state index contributed by atoms with van der Waals surface area (Å²) in [6.45, 7) is 5.60. The number of hydrogen-bond acceptors (Lipinski definition) is 5. The van der Waals surface area contributed by atoms with Crippen LogP contribution in [-0.2, 0) is 14.8 Å². The maximum atomic E-state index is 12.6. The molecule has 0 fully saturated rings. The Bertz CT molecular complexity index is 895. The number of carbonyl (C=O) groups is 1. The topological polar surface area (TPSA) is 93.7 Å². The van der Waals surface area contributed by atoms with Crippen molar-refractivity contribution in [2.75, 3.05) is 19.0 Å². The normalized spacial score (nSPS) is 12.3. The second-order valence-corrected chi connectivity index (χ2v) is 7.64. The van der Waals surface area contributed by atoms with Crippen molar-refractivity contribution in [1.29, 1.82) is 0 Å². The quantitative estimate of drug-likeness (QED) is 0.720. The van der Waals surface area contributed by atoms with Gasteiger partial charge in [0, 0.05) is 5.69 Å². The molecule has 2 aromatic carbocycles. The molecule has 0 aliphatic rings. The number of ether oxygens (including phenoxy) is 2. The summed E-state index contributed by atoms with van der Waals surface area (Å²) >= 11 is 0. The molecule has 2 aromatic rings. The molecule has 0 bridgehead atoms. The number of hydrogen-bond donors (Lipinski definition) is 2. The molecular weight excluding hydrogens is 368 g/mol. The van der Waals surface area contributed by atoms with Crippen LogP contribution in [0.15, 0.2) is 47.4 Å². The molecule has 7 nitrogen and oxygen atoms in total. The van der Waals surface area contributed by atoms with Crippen LogP contribution in [0.3, 0.4) is 0 Å². The molecule has 0 heterocycles. The van der Waals surface area contributed by atoms with Gasteiger partial charge in [-0.05, 0) is 68.8 Å². The first-order valence-corrected chi connectivity index (χ1v) is 9.96. The molecule has 1 amide bonds. The highest BCUT2D eigenvalue weighted by atomic mass is 32.2. The van der Waals surface area contributed by atoms with Gasteiger partial charge in [0.05, 0.1) is 24.7 Å². The van der Waals surface area contributed by atoms with Crippen molar-refractivity contribution in [2.24, 2.45) is 0 Å². The fourth-order valence-electron chi connectivity index (χ4n) is 2.39. The summed E-state index contributed by atoms with van der Waals surface area (Å²) in [5.41, 5.74) is 1.25. The molecule has 0 saturated heterocycles. The van der Waals surface area contributed by atoms with Crippen LogP contribution >= 0.6 is 0 Å². The van der Waals surface area contributed by atoms with Crippen molar-refractivity contribution in [3.8, 4) is 11.5 Å². The zero-order valence-electron chi connectivity index (χ0n) is 15.8. The summed E-state index contributed by atoms with van der Waals surface area (Å²) in [6.07, 6.45) is 0. The van der Waals surface area contributed by atoms with Crippen LogP contribution in [0.4, 0.5) is 5.69 Å². The minimum absolute atomic E-state index is 0.0764. The molecule has 1 atom stereocenters. The number of nitrogens with one attached hydrogen (secondary N) is 2. The molecule has 8 heteroatoms. The average molecular weight is 392 g/mol. The molecule has 0 aliphatic heterocycles. The molecule has 0 spiro atoms. The summed E-state index contributed by atoms with van der Waals surface area (Å²) in [7, 11) is -2.30. The third-order valence-electron chi connectivity index (χ3n) is 3.84. The minimum Gasteiger partial charge on any atom is -0.497 e. The van der Waals surface area contributed by atoms with Crippen molar-refractivity contribution in [3.05, 3.63) is 48.0 Å². The molecule has 0 radical (unpaired) electrons. The number of benzene rings is 2. The predicted molar refractivity (Wildman–Crippen MR) is 104 cm³/mol. The minimum atomic E-state index is -3.85. The number of methoxy groups -OCH3 is 1. The molecule has 2 rings (SSSR count). The Balaban J connectivity index is 2.07. The number of aryl methyl sites for hydroxylation is 1. The van der Waals surface area contributed by atoms with Gasteiger partial charge in [-0.1, -0.05) is 0 Å². The molecule has 0 saturated carbocycles. The summed E-state index contributed by atoms with van der Waals surface area (Å²) in [5.74, 6) is 0.820. The van der Waals surface area contributed by atoms with Gasteiger partial charge in [0.1, 0.15) is 11.5 Å². The van der Waals surface area contributed by atoms with Crippen LogP contribution in [-0.4, -0.2) is 34.1 Å². The second kappa shape index (κ2) is 8.88. The van der Waals surface area contributed by atoms with Crippen molar-refractivity contribution < 1.29 is 22.7 Å². The standard InChI is InChI=1S/C19H24N2O5S/c1-5-26-18-11-10-17(12-13(18)2)27(23,24)21-14(3)19(22)20-15-6-8-16(25-4)9-7-15/h6-12,14,21H,5H2,1-4H3,(H,20,22)/t14-/m1/s1. The van der Waals surface area contributed by atoms with Gasteiger partial charge in [-0.3, -0.25) is 4.79 Å². The lowest BCUT2D eigenvalue weighted by atomic mass is 10.2. The van der Waals surface area contributed by atoms with E-state index in [1.807, 2.05) is 6.92 Å². The van der Waals surface area contributed by atoms with Crippen LogP contribution in [0.5, 0.6) is 11.5 Å². The highest BCUT2D eigenvalue weighted by molar-refractivity contribution is 7.89. The number of amides is 1. The smallest absolute Gasteiger partial charge is 0.242 e. The van der Waals surface area contributed by atoms with Crippen LogP contribution in [0.25, 0.3) is 0 Å². The van der Waals surface area contributed by atoms with Gasteiger partial charge in [-0.25, -0.2) is 8.42 Å². The maximum absolute atomic E-state index is 12.6. The number of rotatable bonds is 8. The van der Waals surface area contributed by atoms with Gasteiger partial charge >= 0.3 is 0 Å². The SMILES string of the molecule is CCOc1ccc(S(=O)(=O)N[C@H](C)C(=O)Nc2ccc(OC)cc2)cc1C. The van der Waals surface area contributed by atoms with E-state index >= 15 is 0 Å². The molecule has 27 heavy (non-hydrogen) atoms. The summed E-state index contributed by atoms with van der Waals surface area (Å²) < 4.78 is 38.0. The molecule has 146 valence electrons. The Hall–Kier alpha value is -2.58.